The summed E-state index contributed by atoms with van der Waals surface area (Å²) >= 11 is 0. The fourth-order valence-corrected chi connectivity index (χ4v) is 4.54. The summed E-state index contributed by atoms with van der Waals surface area (Å²) in [6.07, 6.45) is 14.7. The fraction of sp³-hybridized carbons (Fsp3) is 0.517. The molecule has 0 aliphatic heterocycles. The third kappa shape index (κ3) is 8.57. The fourth-order valence-electron chi connectivity index (χ4n) is 3.36. The van der Waals surface area contributed by atoms with Crippen molar-refractivity contribution in [2.24, 2.45) is 0 Å². The molecule has 1 aromatic carbocycles. The van der Waals surface area contributed by atoms with Gasteiger partial charge in [0.2, 0.25) is 0 Å². The Hall–Kier alpha value is -2.22. The van der Waals surface area contributed by atoms with Crippen LogP contribution in [0.25, 0.3) is 0 Å². The van der Waals surface area contributed by atoms with Crippen molar-refractivity contribution in [2.45, 2.75) is 84.5 Å². The molecule has 33 heavy (non-hydrogen) atoms. The molecule has 0 aromatic heterocycles. The van der Waals surface area contributed by atoms with E-state index in [1.54, 1.807) is 14.2 Å². The molecule has 0 aliphatic rings. The number of benzene rings is 1. The molecular weight excluding hydrogens is 424 g/mol. The Balaban J connectivity index is 3.54. The van der Waals surface area contributed by atoms with Gasteiger partial charge in [-0.2, -0.15) is 0 Å². The van der Waals surface area contributed by atoms with Crippen molar-refractivity contribution in [1.29, 1.82) is 0 Å². The summed E-state index contributed by atoms with van der Waals surface area (Å²) in [5.41, 5.74) is 4.55. The lowest BCUT2D eigenvalue weighted by molar-refractivity contribution is 0.222. The predicted octanol–water partition coefficient (Wildman–Crippen LogP) is 8.19. The first-order valence-corrected chi connectivity index (χ1v) is 14.6. The second-order valence-electron chi connectivity index (χ2n) is 10.2. The smallest absolute Gasteiger partial charge is 0.193 e. The van der Waals surface area contributed by atoms with E-state index in [0.29, 0.717) is 0 Å². The van der Waals surface area contributed by atoms with Crippen LogP contribution in [0.2, 0.25) is 18.1 Å². The van der Waals surface area contributed by atoms with Crippen LogP contribution < -0.4 is 9.47 Å². The number of allylic oxidation sites excluding steroid dienone is 4. The van der Waals surface area contributed by atoms with Gasteiger partial charge in [-0.1, -0.05) is 50.1 Å². The molecule has 1 atom stereocenters. The zero-order chi connectivity index (χ0) is 25.2. The van der Waals surface area contributed by atoms with Crippen molar-refractivity contribution in [2.75, 3.05) is 14.2 Å². The van der Waals surface area contributed by atoms with E-state index >= 15 is 0 Å². The minimum Gasteiger partial charge on any atom is -0.496 e. The third-order valence-electron chi connectivity index (χ3n) is 6.32. The highest BCUT2D eigenvalue weighted by molar-refractivity contribution is 6.74. The van der Waals surface area contributed by atoms with Crippen LogP contribution in [-0.4, -0.2) is 22.5 Å². The number of ether oxygens (including phenoxy) is 2. The van der Waals surface area contributed by atoms with Crippen LogP contribution in [0.4, 0.5) is 0 Å². The van der Waals surface area contributed by atoms with E-state index in [0.717, 1.165) is 48.3 Å². The highest BCUT2D eigenvalue weighted by Gasteiger charge is 2.39. The molecule has 0 saturated carbocycles. The maximum absolute atomic E-state index is 6.90. The molecule has 0 spiro atoms. The van der Waals surface area contributed by atoms with Gasteiger partial charge in [-0.15, -0.1) is 18.9 Å². The van der Waals surface area contributed by atoms with Gasteiger partial charge >= 0.3 is 0 Å². The van der Waals surface area contributed by atoms with Crippen LogP contribution in [-0.2, 0) is 10.8 Å². The van der Waals surface area contributed by atoms with Gasteiger partial charge in [0.25, 0.3) is 0 Å². The van der Waals surface area contributed by atoms with E-state index < -0.39 is 8.32 Å². The van der Waals surface area contributed by atoms with Crippen molar-refractivity contribution in [1.82, 2.24) is 0 Å². The minimum atomic E-state index is -2.05. The van der Waals surface area contributed by atoms with Gasteiger partial charge in [-0.25, -0.2) is 0 Å². The Labute approximate surface area is 204 Å². The number of unbranched alkanes of at least 4 members (excludes halogenated alkanes) is 1. The first kappa shape index (κ1) is 28.8. The molecule has 0 heterocycles. The molecule has 1 aromatic rings. The van der Waals surface area contributed by atoms with E-state index in [9.17, 15) is 0 Å². The van der Waals surface area contributed by atoms with Crippen molar-refractivity contribution < 1.29 is 13.9 Å². The Kier molecular flexibility index (Phi) is 11.2. The molecule has 1 unspecified atom stereocenters. The first-order valence-electron chi connectivity index (χ1n) is 11.7. The third-order valence-corrected chi connectivity index (χ3v) is 10.8. The van der Waals surface area contributed by atoms with Crippen LogP contribution in [0.5, 0.6) is 11.5 Å². The highest BCUT2D eigenvalue weighted by atomic mass is 28.4. The van der Waals surface area contributed by atoms with Crippen LogP contribution >= 0.6 is 0 Å². The molecule has 0 amide bonds. The summed E-state index contributed by atoms with van der Waals surface area (Å²) in [6.45, 7) is 19.5. The minimum absolute atomic E-state index is 0.0863. The number of terminal acetylenes is 1. The maximum atomic E-state index is 6.90. The molecule has 1 rings (SSSR count). The second-order valence-corrected chi connectivity index (χ2v) is 14.9. The summed E-state index contributed by atoms with van der Waals surface area (Å²) < 4.78 is 18.6. The lowest BCUT2D eigenvalue weighted by atomic mass is 9.98. The zero-order valence-electron chi connectivity index (χ0n) is 22.3. The highest BCUT2D eigenvalue weighted by Crippen LogP contribution is 2.43. The molecule has 0 N–H and O–H groups in total. The lowest BCUT2D eigenvalue weighted by Crippen LogP contribution is -2.41. The van der Waals surface area contributed by atoms with Crippen LogP contribution in [0.3, 0.4) is 0 Å². The average molecular weight is 469 g/mol. The summed E-state index contributed by atoms with van der Waals surface area (Å²) in [4.78, 5) is 0. The van der Waals surface area contributed by atoms with Gasteiger partial charge in [-0.3, -0.25) is 0 Å². The molecule has 4 heteroatoms. The van der Waals surface area contributed by atoms with Crippen LogP contribution in [0.15, 0.2) is 48.1 Å². The van der Waals surface area contributed by atoms with Gasteiger partial charge in [0.15, 0.2) is 8.32 Å². The zero-order valence-corrected chi connectivity index (χ0v) is 23.3. The first-order chi connectivity index (χ1) is 15.4. The van der Waals surface area contributed by atoms with E-state index in [4.69, 9.17) is 20.3 Å². The Morgan fingerprint density at radius 2 is 1.76 bits per heavy atom. The average Bonchev–Trinajstić information content (AvgIpc) is 2.72. The number of hydrogen-bond acceptors (Lipinski definition) is 3. The topological polar surface area (TPSA) is 27.7 Å². The summed E-state index contributed by atoms with van der Waals surface area (Å²) in [5.74, 6) is 4.34. The van der Waals surface area contributed by atoms with Gasteiger partial charge in [0, 0.05) is 17.5 Å². The molecule has 0 bridgehead atoms. The second kappa shape index (κ2) is 12.9. The summed E-state index contributed by atoms with van der Waals surface area (Å²) in [5, 5.41) is 0.0863. The standard InChI is InChI=1S/C29H44O3Si/c1-12-14-15-17-23(4)18-24-20-27(31-9)25(21-26(24)30-8)28(19-22(3)16-13-2)32-33(10,11)29(5,6)7/h1,13,17,19-21,28H,2,14-16,18H2,3-11H3/b22-19+,23-17-. The van der Waals surface area contributed by atoms with Gasteiger partial charge in [0.1, 0.15) is 11.5 Å². The largest absolute Gasteiger partial charge is 0.496 e. The maximum Gasteiger partial charge on any atom is 0.193 e. The summed E-state index contributed by atoms with van der Waals surface area (Å²) in [6, 6.07) is 4.17. The van der Waals surface area contributed by atoms with Crippen molar-refractivity contribution in [3.63, 3.8) is 0 Å². The van der Waals surface area contributed by atoms with Gasteiger partial charge in [0.05, 0.1) is 20.3 Å². The van der Waals surface area contributed by atoms with Crippen molar-refractivity contribution in [3.8, 4) is 23.8 Å². The molecule has 3 nitrogen and oxygen atoms in total. The summed E-state index contributed by atoms with van der Waals surface area (Å²) in [7, 11) is 1.38. The monoisotopic (exact) mass is 468 g/mol. The predicted molar refractivity (Wildman–Crippen MR) is 145 cm³/mol. The van der Waals surface area contributed by atoms with Gasteiger partial charge in [-0.05, 0) is 63.4 Å². The Morgan fingerprint density at radius 1 is 1.12 bits per heavy atom. The molecular formula is C29H44O3Si. The van der Waals surface area contributed by atoms with Crippen LogP contribution in [0, 0.1) is 12.3 Å². The molecule has 0 radical (unpaired) electrons. The van der Waals surface area contributed by atoms with E-state index in [1.165, 1.54) is 11.1 Å². The SMILES string of the molecule is C#CCC/C=C(/C)Cc1cc(OC)c(C(/C=C(\C)CC=C)O[Si](C)(C)C(C)(C)C)cc1OC. The molecule has 0 fully saturated rings. The quantitative estimate of drug-likeness (QED) is 0.134. The Morgan fingerprint density at radius 3 is 2.27 bits per heavy atom. The van der Waals surface area contributed by atoms with E-state index in [2.05, 4.69) is 84.5 Å². The molecule has 0 aliphatic carbocycles. The molecule has 182 valence electrons. The number of methoxy groups -OCH3 is 2. The Bertz CT molecular complexity index is 895. The normalized spacial score (nSPS) is 13.9. The lowest BCUT2D eigenvalue weighted by Gasteiger charge is -2.39. The van der Waals surface area contributed by atoms with Gasteiger partial charge < -0.3 is 13.9 Å². The van der Waals surface area contributed by atoms with Crippen molar-refractivity contribution >= 4 is 8.32 Å². The van der Waals surface area contributed by atoms with Crippen LogP contribution in [0.1, 0.15) is 71.1 Å². The number of hydrogen-bond donors (Lipinski definition) is 0. The van der Waals surface area contributed by atoms with E-state index in [-0.39, 0.29) is 11.1 Å². The van der Waals surface area contributed by atoms with Crippen molar-refractivity contribution in [3.05, 3.63) is 59.2 Å². The van der Waals surface area contributed by atoms with E-state index in [1.807, 2.05) is 6.08 Å². The number of rotatable bonds is 12. The molecule has 0 saturated heterocycles.